The fraction of sp³-hybridized carbons (Fsp3) is 0.652. The molecule has 1 N–H and O–H groups in total. The maximum atomic E-state index is 12.8. The molecule has 152 valence electrons. The average Bonchev–Trinajstić information content (AvgIpc) is 3.18. The maximum absolute atomic E-state index is 12.8. The molecule has 1 spiro atoms. The third-order valence-corrected chi connectivity index (χ3v) is 6.72. The monoisotopic (exact) mass is 382 g/mol. The number of guanidine groups is 1. The molecule has 0 bridgehead atoms. The number of hydrogen-bond acceptors (Lipinski definition) is 2. The number of likely N-dealkylation sites (tertiary alicyclic amines) is 2. The highest BCUT2D eigenvalue weighted by atomic mass is 16.2. The highest BCUT2D eigenvalue weighted by Crippen LogP contribution is 2.47. The van der Waals surface area contributed by atoms with E-state index in [1.54, 1.807) is 0 Å². The van der Waals surface area contributed by atoms with Crippen molar-refractivity contribution in [1.29, 1.82) is 0 Å². The van der Waals surface area contributed by atoms with Crippen molar-refractivity contribution in [3.05, 3.63) is 35.4 Å². The smallest absolute Gasteiger partial charge is 0.253 e. The van der Waals surface area contributed by atoms with E-state index in [0.717, 1.165) is 62.7 Å². The highest BCUT2D eigenvalue weighted by molar-refractivity contribution is 5.94. The van der Waals surface area contributed by atoms with Gasteiger partial charge in [0, 0.05) is 38.3 Å². The Morgan fingerprint density at radius 2 is 1.89 bits per heavy atom. The number of carbonyl (C=O) groups is 1. The number of nitrogens with one attached hydrogen (secondary N) is 1. The third kappa shape index (κ3) is 4.18. The molecule has 3 fully saturated rings. The van der Waals surface area contributed by atoms with E-state index >= 15 is 0 Å². The Morgan fingerprint density at radius 1 is 1.07 bits per heavy atom. The largest absolute Gasteiger partial charge is 0.357 e. The summed E-state index contributed by atoms with van der Waals surface area (Å²) in [6, 6.07) is 8.04. The summed E-state index contributed by atoms with van der Waals surface area (Å²) >= 11 is 0. The van der Waals surface area contributed by atoms with Gasteiger partial charge in [-0.1, -0.05) is 18.6 Å². The summed E-state index contributed by atoms with van der Waals surface area (Å²) in [6.45, 7) is 7.67. The van der Waals surface area contributed by atoms with Gasteiger partial charge >= 0.3 is 0 Å². The van der Waals surface area contributed by atoms with E-state index < -0.39 is 0 Å². The molecule has 1 amide bonds. The Morgan fingerprint density at radius 3 is 2.57 bits per heavy atom. The summed E-state index contributed by atoms with van der Waals surface area (Å²) < 4.78 is 0. The molecule has 1 aliphatic carbocycles. The molecular weight excluding hydrogens is 348 g/mol. The summed E-state index contributed by atoms with van der Waals surface area (Å²) in [7, 11) is 0. The lowest BCUT2D eigenvalue weighted by Gasteiger charge is -2.38. The Bertz CT molecular complexity index is 719. The molecule has 3 aliphatic rings. The maximum Gasteiger partial charge on any atom is 0.253 e. The second-order valence-corrected chi connectivity index (χ2v) is 8.75. The Labute approximate surface area is 169 Å². The van der Waals surface area contributed by atoms with Crippen LogP contribution in [0, 0.1) is 5.41 Å². The first kappa shape index (κ1) is 19.3. The fourth-order valence-electron chi connectivity index (χ4n) is 4.88. The molecule has 0 unspecified atom stereocenters. The van der Waals surface area contributed by atoms with Crippen LogP contribution in [-0.4, -0.2) is 54.4 Å². The number of aliphatic imine (C=N–C) groups is 1. The van der Waals surface area contributed by atoms with Crippen molar-refractivity contribution in [2.45, 2.75) is 58.4 Å². The molecule has 5 heteroatoms. The van der Waals surface area contributed by atoms with Crippen molar-refractivity contribution in [2.75, 3.05) is 32.7 Å². The topological polar surface area (TPSA) is 47.9 Å². The van der Waals surface area contributed by atoms with Crippen molar-refractivity contribution in [3.63, 3.8) is 0 Å². The molecule has 2 saturated heterocycles. The number of nitrogens with zero attached hydrogens (tertiary/aromatic N) is 3. The van der Waals surface area contributed by atoms with Crippen molar-refractivity contribution < 1.29 is 4.79 Å². The fourth-order valence-corrected chi connectivity index (χ4v) is 4.88. The zero-order valence-electron chi connectivity index (χ0n) is 17.3. The van der Waals surface area contributed by atoms with Gasteiger partial charge in [-0.3, -0.25) is 4.79 Å². The number of hydrogen-bond donors (Lipinski definition) is 1. The normalized spacial score (nSPS) is 21.7. The average molecular weight is 383 g/mol. The quantitative estimate of drug-likeness (QED) is 0.639. The SMILES string of the molecule is CCNC(=NCc1cccc(C(=O)N2CCCCC2)c1)N1CCC2(CCC2)C1. The van der Waals surface area contributed by atoms with E-state index in [1.165, 1.54) is 32.1 Å². The zero-order chi connectivity index (χ0) is 19.4. The Hall–Kier alpha value is -2.04. The molecule has 4 rings (SSSR count). The molecule has 1 saturated carbocycles. The van der Waals surface area contributed by atoms with Gasteiger partial charge in [0.15, 0.2) is 5.96 Å². The molecular formula is C23H34N4O. The predicted octanol–water partition coefficient (Wildman–Crippen LogP) is 3.65. The number of rotatable bonds is 4. The molecule has 1 aromatic carbocycles. The van der Waals surface area contributed by atoms with Gasteiger partial charge in [-0.15, -0.1) is 0 Å². The van der Waals surface area contributed by atoms with Crippen LogP contribution in [-0.2, 0) is 6.54 Å². The van der Waals surface area contributed by atoms with Crippen molar-refractivity contribution in [1.82, 2.24) is 15.1 Å². The lowest BCUT2D eigenvalue weighted by molar-refractivity contribution is 0.0724. The van der Waals surface area contributed by atoms with Crippen LogP contribution in [0.5, 0.6) is 0 Å². The number of benzene rings is 1. The molecule has 0 aromatic heterocycles. The minimum atomic E-state index is 0.170. The van der Waals surface area contributed by atoms with Crippen LogP contribution < -0.4 is 5.32 Å². The molecule has 1 aromatic rings. The number of carbonyl (C=O) groups excluding carboxylic acids is 1. The van der Waals surface area contributed by atoms with Crippen LogP contribution in [0.4, 0.5) is 0 Å². The van der Waals surface area contributed by atoms with Gasteiger partial charge in [0.25, 0.3) is 5.91 Å². The van der Waals surface area contributed by atoms with Crippen LogP contribution in [0.15, 0.2) is 29.3 Å². The van der Waals surface area contributed by atoms with Crippen LogP contribution >= 0.6 is 0 Å². The minimum absolute atomic E-state index is 0.170. The minimum Gasteiger partial charge on any atom is -0.357 e. The molecule has 0 atom stereocenters. The second kappa shape index (κ2) is 8.54. The first-order valence-corrected chi connectivity index (χ1v) is 11.1. The van der Waals surface area contributed by atoms with Crippen LogP contribution in [0.3, 0.4) is 0 Å². The molecule has 2 aliphatic heterocycles. The summed E-state index contributed by atoms with van der Waals surface area (Å²) in [4.78, 5) is 22.1. The van der Waals surface area contributed by atoms with Crippen molar-refractivity contribution in [3.8, 4) is 0 Å². The first-order chi connectivity index (χ1) is 13.7. The van der Waals surface area contributed by atoms with E-state index in [2.05, 4.69) is 23.2 Å². The van der Waals surface area contributed by atoms with Crippen LogP contribution in [0.2, 0.25) is 0 Å². The van der Waals surface area contributed by atoms with Gasteiger partial charge in [0.2, 0.25) is 0 Å². The highest BCUT2D eigenvalue weighted by Gasteiger charge is 2.43. The number of amides is 1. The molecule has 5 nitrogen and oxygen atoms in total. The Balaban J connectivity index is 1.42. The summed E-state index contributed by atoms with van der Waals surface area (Å²) in [5.41, 5.74) is 2.47. The van der Waals surface area contributed by atoms with E-state index in [0.29, 0.717) is 12.0 Å². The van der Waals surface area contributed by atoms with E-state index in [9.17, 15) is 4.79 Å². The van der Waals surface area contributed by atoms with Gasteiger partial charge < -0.3 is 15.1 Å². The van der Waals surface area contributed by atoms with Gasteiger partial charge in [-0.25, -0.2) is 4.99 Å². The molecule has 2 heterocycles. The summed E-state index contributed by atoms with van der Waals surface area (Å²) in [5.74, 6) is 1.20. The van der Waals surface area contributed by atoms with Gasteiger partial charge in [-0.2, -0.15) is 0 Å². The molecule has 0 radical (unpaired) electrons. The van der Waals surface area contributed by atoms with Gasteiger partial charge in [0.05, 0.1) is 6.54 Å². The third-order valence-electron chi connectivity index (χ3n) is 6.72. The standard InChI is InChI=1S/C23H34N4O/c1-2-24-22(27-15-12-23(18-27)10-7-11-23)25-17-19-8-6-9-20(16-19)21(28)26-13-4-3-5-14-26/h6,8-9,16H,2-5,7,10-15,17-18H2,1H3,(H,24,25). The first-order valence-electron chi connectivity index (χ1n) is 11.1. The van der Waals surface area contributed by atoms with Crippen molar-refractivity contribution >= 4 is 11.9 Å². The number of piperidine rings is 1. The van der Waals surface area contributed by atoms with E-state index in [1.807, 2.05) is 23.1 Å². The van der Waals surface area contributed by atoms with Crippen molar-refractivity contribution in [2.24, 2.45) is 10.4 Å². The van der Waals surface area contributed by atoms with Crippen LogP contribution in [0.1, 0.15) is 67.8 Å². The zero-order valence-corrected chi connectivity index (χ0v) is 17.3. The lowest BCUT2D eigenvalue weighted by atomic mass is 9.68. The second-order valence-electron chi connectivity index (χ2n) is 8.75. The van der Waals surface area contributed by atoms with Gasteiger partial charge in [0.1, 0.15) is 0 Å². The van der Waals surface area contributed by atoms with E-state index in [-0.39, 0.29) is 5.91 Å². The van der Waals surface area contributed by atoms with Gasteiger partial charge in [-0.05, 0) is 68.6 Å². The summed E-state index contributed by atoms with van der Waals surface area (Å²) in [6.07, 6.45) is 8.94. The summed E-state index contributed by atoms with van der Waals surface area (Å²) in [5, 5.41) is 3.47. The lowest BCUT2D eigenvalue weighted by Crippen LogP contribution is -2.42. The van der Waals surface area contributed by atoms with E-state index in [4.69, 9.17) is 4.99 Å². The van der Waals surface area contributed by atoms with Crippen LogP contribution in [0.25, 0.3) is 0 Å². The predicted molar refractivity (Wildman–Crippen MR) is 113 cm³/mol. The molecule has 28 heavy (non-hydrogen) atoms. The Kier molecular flexibility index (Phi) is 5.88.